The van der Waals surface area contributed by atoms with Crippen LogP contribution < -0.4 is 10.5 Å². The van der Waals surface area contributed by atoms with E-state index in [2.05, 4.69) is 14.9 Å². The lowest BCUT2D eigenvalue weighted by molar-refractivity contribution is -0.141. The maximum atomic E-state index is 12.8. The van der Waals surface area contributed by atoms with Gasteiger partial charge in [-0.1, -0.05) is 11.2 Å². The molecule has 1 aromatic carbocycles. The fourth-order valence-corrected chi connectivity index (χ4v) is 3.17. The summed E-state index contributed by atoms with van der Waals surface area (Å²) in [7, 11) is 1.25. The molecule has 1 aliphatic heterocycles. The summed E-state index contributed by atoms with van der Waals surface area (Å²) in [6, 6.07) is 4.06. The topological polar surface area (TPSA) is 138 Å². The predicted molar refractivity (Wildman–Crippen MR) is 98.7 cm³/mol. The molecule has 1 unspecified atom stereocenters. The van der Waals surface area contributed by atoms with Gasteiger partial charge in [0.1, 0.15) is 11.8 Å². The van der Waals surface area contributed by atoms with Crippen molar-refractivity contribution in [1.82, 2.24) is 15.0 Å². The standard InChI is InChI=1S/C18H19ClN4O6/c1-27-16(24)6-5-12(17(20)25)23-8-11-10(18(23)26)3-2-4-13(11)28-9-15-21-14(7-19)22-29-15/h2-4,12H,5-9H2,1H3,(H2,20,25). The van der Waals surface area contributed by atoms with Crippen molar-refractivity contribution in [2.24, 2.45) is 5.73 Å². The van der Waals surface area contributed by atoms with Crippen molar-refractivity contribution in [3.63, 3.8) is 0 Å². The molecule has 2 heterocycles. The van der Waals surface area contributed by atoms with Crippen LogP contribution in [-0.2, 0) is 33.4 Å². The average Bonchev–Trinajstić information content (AvgIpc) is 3.31. The van der Waals surface area contributed by atoms with E-state index in [1.807, 2.05) is 0 Å². The number of aromatic nitrogens is 2. The van der Waals surface area contributed by atoms with Gasteiger partial charge in [0, 0.05) is 17.5 Å². The maximum Gasteiger partial charge on any atom is 0.305 e. The molecule has 11 heteroatoms. The molecule has 1 aromatic heterocycles. The van der Waals surface area contributed by atoms with E-state index in [-0.39, 0.29) is 43.7 Å². The minimum absolute atomic E-state index is 0.00385. The van der Waals surface area contributed by atoms with Crippen molar-refractivity contribution in [1.29, 1.82) is 0 Å². The van der Waals surface area contributed by atoms with Gasteiger partial charge in [0.2, 0.25) is 5.91 Å². The van der Waals surface area contributed by atoms with Crippen molar-refractivity contribution < 1.29 is 28.4 Å². The van der Waals surface area contributed by atoms with E-state index in [0.29, 0.717) is 22.7 Å². The van der Waals surface area contributed by atoms with Crippen LogP contribution in [0, 0.1) is 0 Å². The number of nitrogens with zero attached hydrogens (tertiary/aromatic N) is 3. The second-order valence-corrected chi connectivity index (χ2v) is 6.54. The van der Waals surface area contributed by atoms with Crippen LogP contribution in [0.3, 0.4) is 0 Å². The molecule has 1 aliphatic rings. The number of hydrogen-bond donors (Lipinski definition) is 1. The molecule has 0 bridgehead atoms. The van der Waals surface area contributed by atoms with Gasteiger partial charge in [0.15, 0.2) is 12.4 Å². The summed E-state index contributed by atoms with van der Waals surface area (Å²) in [5.41, 5.74) is 6.49. The quantitative estimate of drug-likeness (QED) is 0.469. The van der Waals surface area contributed by atoms with E-state index in [1.54, 1.807) is 18.2 Å². The molecule has 29 heavy (non-hydrogen) atoms. The number of benzene rings is 1. The first-order valence-corrected chi connectivity index (χ1v) is 9.27. The van der Waals surface area contributed by atoms with Gasteiger partial charge < -0.3 is 24.6 Å². The molecule has 0 saturated heterocycles. The lowest BCUT2D eigenvalue weighted by Crippen LogP contribution is -2.45. The Balaban J connectivity index is 1.75. The number of esters is 1. The molecule has 3 rings (SSSR count). The van der Waals surface area contributed by atoms with Gasteiger partial charge in [0.25, 0.3) is 11.8 Å². The molecule has 2 N–H and O–H groups in total. The number of hydrogen-bond acceptors (Lipinski definition) is 8. The molecule has 0 radical (unpaired) electrons. The van der Waals surface area contributed by atoms with Gasteiger partial charge >= 0.3 is 5.97 Å². The highest BCUT2D eigenvalue weighted by Crippen LogP contribution is 2.33. The molecule has 0 fully saturated rings. The first kappa shape index (κ1) is 20.6. The number of rotatable bonds is 9. The number of amides is 2. The SMILES string of the molecule is COC(=O)CCC(C(N)=O)N1Cc2c(OCc3nc(CCl)no3)cccc2C1=O. The number of carbonyl (C=O) groups excluding carboxylic acids is 3. The minimum Gasteiger partial charge on any atom is -0.483 e. The van der Waals surface area contributed by atoms with Crippen LogP contribution in [0.15, 0.2) is 22.7 Å². The molecule has 1 atom stereocenters. The smallest absolute Gasteiger partial charge is 0.305 e. The Morgan fingerprint density at radius 2 is 2.21 bits per heavy atom. The van der Waals surface area contributed by atoms with Crippen molar-refractivity contribution >= 4 is 29.4 Å². The number of ether oxygens (including phenoxy) is 2. The third-order valence-electron chi connectivity index (χ3n) is 4.49. The van der Waals surface area contributed by atoms with Gasteiger partial charge in [0.05, 0.1) is 19.5 Å². The van der Waals surface area contributed by atoms with Crippen LogP contribution in [-0.4, -0.2) is 46.0 Å². The van der Waals surface area contributed by atoms with Crippen LogP contribution in [0.1, 0.15) is 40.5 Å². The molecule has 0 saturated carbocycles. The zero-order valence-corrected chi connectivity index (χ0v) is 16.3. The first-order chi connectivity index (χ1) is 13.9. The fraction of sp³-hybridized carbons (Fsp3) is 0.389. The number of halogens is 1. The van der Waals surface area contributed by atoms with Crippen molar-refractivity contribution in [2.45, 2.75) is 37.9 Å². The third-order valence-corrected chi connectivity index (χ3v) is 4.73. The maximum absolute atomic E-state index is 12.8. The Kier molecular flexibility index (Phi) is 6.32. The third kappa shape index (κ3) is 4.48. The Hall–Kier alpha value is -3.14. The minimum atomic E-state index is -0.941. The molecule has 0 spiro atoms. The van der Waals surface area contributed by atoms with Crippen LogP contribution in [0.5, 0.6) is 5.75 Å². The number of alkyl halides is 1. The highest BCUT2D eigenvalue weighted by molar-refractivity contribution is 6.16. The summed E-state index contributed by atoms with van der Waals surface area (Å²) in [6.07, 6.45) is 0.0365. The second-order valence-electron chi connectivity index (χ2n) is 6.27. The van der Waals surface area contributed by atoms with Gasteiger partial charge in [-0.3, -0.25) is 14.4 Å². The lowest BCUT2D eigenvalue weighted by Gasteiger charge is -2.24. The van der Waals surface area contributed by atoms with Crippen molar-refractivity contribution in [2.75, 3.05) is 7.11 Å². The summed E-state index contributed by atoms with van der Waals surface area (Å²) >= 11 is 5.64. The normalized spacial score (nSPS) is 13.9. The Bertz CT molecular complexity index is 931. The summed E-state index contributed by atoms with van der Waals surface area (Å²) in [6.45, 7) is 0.117. The van der Waals surface area contributed by atoms with E-state index < -0.39 is 17.9 Å². The zero-order chi connectivity index (χ0) is 21.0. The Morgan fingerprint density at radius 1 is 1.41 bits per heavy atom. The van der Waals surface area contributed by atoms with Crippen LogP contribution in [0.25, 0.3) is 0 Å². The van der Waals surface area contributed by atoms with E-state index in [4.69, 9.17) is 26.6 Å². The van der Waals surface area contributed by atoms with Gasteiger partial charge in [-0.25, -0.2) is 0 Å². The van der Waals surface area contributed by atoms with Crippen molar-refractivity contribution in [3.8, 4) is 5.75 Å². The largest absolute Gasteiger partial charge is 0.483 e. The molecule has 154 valence electrons. The molecular formula is C18H19ClN4O6. The monoisotopic (exact) mass is 422 g/mol. The molecule has 2 amide bonds. The number of methoxy groups -OCH3 is 1. The lowest BCUT2D eigenvalue weighted by atomic mass is 10.1. The summed E-state index contributed by atoms with van der Waals surface area (Å²) in [5.74, 6) is -0.389. The first-order valence-electron chi connectivity index (χ1n) is 8.73. The Morgan fingerprint density at radius 3 is 2.86 bits per heavy atom. The Labute approximate surface area is 170 Å². The molecule has 2 aromatic rings. The van der Waals surface area contributed by atoms with Gasteiger partial charge in [-0.2, -0.15) is 4.98 Å². The average molecular weight is 423 g/mol. The fourth-order valence-electron chi connectivity index (χ4n) is 3.06. The number of carbonyl (C=O) groups is 3. The number of nitrogens with two attached hydrogens (primary N) is 1. The molecule has 10 nitrogen and oxygen atoms in total. The van der Waals surface area contributed by atoms with E-state index in [1.165, 1.54) is 12.0 Å². The van der Waals surface area contributed by atoms with Gasteiger partial charge in [-0.15, -0.1) is 11.6 Å². The number of primary amides is 1. The highest BCUT2D eigenvalue weighted by Gasteiger charge is 2.37. The van der Waals surface area contributed by atoms with Gasteiger partial charge in [-0.05, 0) is 18.6 Å². The summed E-state index contributed by atoms with van der Waals surface area (Å²) < 4.78 is 15.3. The molecule has 0 aliphatic carbocycles. The predicted octanol–water partition coefficient (Wildman–Crippen LogP) is 1.15. The van der Waals surface area contributed by atoms with E-state index in [9.17, 15) is 14.4 Å². The van der Waals surface area contributed by atoms with E-state index >= 15 is 0 Å². The van der Waals surface area contributed by atoms with E-state index in [0.717, 1.165) is 0 Å². The summed E-state index contributed by atoms with van der Waals surface area (Å²) in [5, 5.41) is 3.68. The highest BCUT2D eigenvalue weighted by atomic mass is 35.5. The second kappa shape index (κ2) is 8.91. The van der Waals surface area contributed by atoms with Crippen molar-refractivity contribution in [3.05, 3.63) is 41.0 Å². The molecular weight excluding hydrogens is 404 g/mol. The zero-order valence-electron chi connectivity index (χ0n) is 15.6. The summed E-state index contributed by atoms with van der Waals surface area (Å²) in [4.78, 5) is 41.5. The number of fused-ring (bicyclic) bond motifs is 1. The van der Waals surface area contributed by atoms with Crippen LogP contribution in [0.2, 0.25) is 0 Å². The van der Waals surface area contributed by atoms with Crippen LogP contribution >= 0.6 is 11.6 Å². The van der Waals surface area contributed by atoms with Crippen LogP contribution in [0.4, 0.5) is 0 Å².